The molecule has 0 saturated carbocycles. The molecule has 0 aromatic carbocycles. The summed E-state index contributed by atoms with van der Waals surface area (Å²) in [6, 6.07) is 0. The van der Waals surface area contributed by atoms with E-state index in [2.05, 4.69) is 13.8 Å². The number of halogens is 8. The van der Waals surface area contributed by atoms with Crippen molar-refractivity contribution in [1.82, 2.24) is 0 Å². The van der Waals surface area contributed by atoms with Gasteiger partial charge >= 0.3 is 12.4 Å². The van der Waals surface area contributed by atoms with Crippen LogP contribution >= 0.6 is 0 Å². The highest BCUT2D eigenvalue weighted by Gasteiger charge is 2.37. The molecule has 0 fully saturated rings. The molecule has 0 aliphatic carbocycles. The highest BCUT2D eigenvalue weighted by Crippen LogP contribution is 2.31. The molecule has 0 aromatic rings. The monoisotopic (exact) mass is 578 g/mol. The smallest absolute Gasteiger partial charge is 0.367 e. The van der Waals surface area contributed by atoms with E-state index in [0.29, 0.717) is 25.7 Å². The van der Waals surface area contributed by atoms with Crippen molar-refractivity contribution in [2.24, 2.45) is 0 Å². The van der Waals surface area contributed by atoms with Crippen LogP contribution in [0.1, 0.15) is 142 Å². The molecule has 2 atom stereocenters. The van der Waals surface area contributed by atoms with Crippen molar-refractivity contribution in [3.05, 3.63) is 23.8 Å². The molecule has 0 rings (SSSR count). The third kappa shape index (κ3) is 22.3. The quantitative estimate of drug-likeness (QED) is 0.0818. The van der Waals surface area contributed by atoms with Crippen molar-refractivity contribution in [3.63, 3.8) is 0 Å². The zero-order chi connectivity index (χ0) is 29.6. The summed E-state index contributed by atoms with van der Waals surface area (Å²) in [5, 5.41) is 0. The lowest BCUT2D eigenvalue weighted by molar-refractivity contribution is -0.111. The van der Waals surface area contributed by atoms with Gasteiger partial charge in [0.15, 0.2) is 0 Å². The number of alkyl halides is 6. The molecular weight excluding hydrogens is 528 g/mol. The Morgan fingerprint density at radius 1 is 0.487 bits per heavy atom. The van der Waals surface area contributed by atoms with E-state index in [-0.39, 0.29) is 25.0 Å². The highest BCUT2D eigenvalue weighted by molar-refractivity contribution is 5.06. The maximum Gasteiger partial charge on any atom is 0.442 e. The van der Waals surface area contributed by atoms with Gasteiger partial charge in [-0.2, -0.15) is 26.3 Å². The van der Waals surface area contributed by atoms with Crippen LogP contribution in [0.5, 0.6) is 0 Å². The molecular formula is C30H50F8O. The van der Waals surface area contributed by atoms with Gasteiger partial charge in [-0.3, -0.25) is 0 Å². The van der Waals surface area contributed by atoms with Crippen molar-refractivity contribution >= 4 is 0 Å². The van der Waals surface area contributed by atoms with Gasteiger partial charge in [-0.05, 0) is 25.0 Å². The summed E-state index contributed by atoms with van der Waals surface area (Å²) in [6.45, 7) is 4.26. The van der Waals surface area contributed by atoms with Crippen LogP contribution in [-0.2, 0) is 4.74 Å². The van der Waals surface area contributed by atoms with Crippen molar-refractivity contribution in [3.8, 4) is 0 Å². The fourth-order valence-corrected chi connectivity index (χ4v) is 4.43. The highest BCUT2D eigenvalue weighted by atomic mass is 19.4. The van der Waals surface area contributed by atoms with E-state index >= 15 is 0 Å². The van der Waals surface area contributed by atoms with Gasteiger partial charge in [-0.1, -0.05) is 129 Å². The Morgan fingerprint density at radius 2 is 0.744 bits per heavy atom. The number of allylic oxidation sites excluding steroid dienone is 2. The Bertz CT molecular complexity index is 586. The SMILES string of the molecule is CCCCCCCCCCCC(/C=C(\F)C(F)(F)F)OC(/C=C(\F)C(F)(F)F)CCCCCCCCCCC. The summed E-state index contributed by atoms with van der Waals surface area (Å²) in [5.74, 6) is -4.71. The van der Waals surface area contributed by atoms with Gasteiger partial charge in [0.2, 0.25) is 11.7 Å². The number of hydrogen-bond donors (Lipinski definition) is 0. The van der Waals surface area contributed by atoms with E-state index in [1.165, 1.54) is 12.8 Å². The van der Waals surface area contributed by atoms with Gasteiger partial charge < -0.3 is 4.74 Å². The molecule has 9 heteroatoms. The van der Waals surface area contributed by atoms with Crippen LogP contribution in [0.4, 0.5) is 35.1 Å². The Kier molecular flexibility index (Phi) is 21.9. The average molecular weight is 579 g/mol. The lowest BCUT2D eigenvalue weighted by atomic mass is 10.0. The van der Waals surface area contributed by atoms with E-state index in [1.807, 2.05) is 0 Å². The topological polar surface area (TPSA) is 9.23 Å². The molecule has 0 amide bonds. The largest absolute Gasteiger partial charge is 0.442 e. The van der Waals surface area contributed by atoms with Crippen molar-refractivity contribution in [2.45, 2.75) is 167 Å². The molecule has 0 saturated heterocycles. The Labute approximate surface area is 230 Å². The molecule has 0 bridgehead atoms. The number of hydrogen-bond acceptors (Lipinski definition) is 1. The van der Waals surface area contributed by atoms with Gasteiger partial charge in [0.25, 0.3) is 0 Å². The third-order valence-electron chi connectivity index (χ3n) is 6.74. The van der Waals surface area contributed by atoms with Gasteiger partial charge in [0.05, 0.1) is 12.2 Å². The standard InChI is InChI=1S/C30H50F8O/c1-3-5-7-9-11-13-15-17-19-21-25(23-27(31)29(33,34)35)39-26(24-28(32)30(36,37)38)22-20-18-16-14-12-10-8-6-4-2/h23-26H,3-22H2,1-2H3/b27-23-,28-24-. The van der Waals surface area contributed by atoms with E-state index in [9.17, 15) is 35.1 Å². The van der Waals surface area contributed by atoms with E-state index in [1.54, 1.807) is 0 Å². The fourth-order valence-electron chi connectivity index (χ4n) is 4.43. The molecule has 0 aliphatic rings. The normalized spacial score (nSPS) is 15.1. The molecule has 2 unspecified atom stereocenters. The lowest BCUT2D eigenvalue weighted by Gasteiger charge is -2.22. The van der Waals surface area contributed by atoms with Crippen LogP contribution in [0.3, 0.4) is 0 Å². The van der Waals surface area contributed by atoms with Crippen LogP contribution < -0.4 is 0 Å². The summed E-state index contributed by atoms with van der Waals surface area (Å²) >= 11 is 0. The van der Waals surface area contributed by atoms with Gasteiger partial charge in [0.1, 0.15) is 0 Å². The molecule has 0 N–H and O–H groups in total. The molecule has 1 nitrogen and oxygen atoms in total. The Hall–Kier alpha value is -1.12. The lowest BCUT2D eigenvalue weighted by Crippen LogP contribution is -2.23. The van der Waals surface area contributed by atoms with Crippen LogP contribution in [-0.4, -0.2) is 24.6 Å². The van der Waals surface area contributed by atoms with Crippen molar-refractivity contribution in [1.29, 1.82) is 0 Å². The summed E-state index contributed by atoms with van der Waals surface area (Å²) in [6.07, 6.45) is 4.53. The van der Waals surface area contributed by atoms with Crippen LogP contribution in [0.2, 0.25) is 0 Å². The summed E-state index contributed by atoms with van der Waals surface area (Å²) < 4.78 is 110. The second-order valence-electron chi connectivity index (χ2n) is 10.5. The van der Waals surface area contributed by atoms with Gasteiger partial charge in [-0.15, -0.1) is 0 Å². The minimum atomic E-state index is -5.22. The van der Waals surface area contributed by atoms with E-state index in [0.717, 1.165) is 77.0 Å². The van der Waals surface area contributed by atoms with Crippen molar-refractivity contribution in [2.75, 3.05) is 0 Å². The third-order valence-corrected chi connectivity index (χ3v) is 6.74. The number of rotatable bonds is 24. The predicted octanol–water partition coefficient (Wildman–Crippen LogP) is 12.4. The molecule has 0 heterocycles. The summed E-state index contributed by atoms with van der Waals surface area (Å²) in [7, 11) is 0. The molecule has 0 aromatic heterocycles. The summed E-state index contributed by atoms with van der Waals surface area (Å²) in [5.41, 5.74) is 0. The molecule has 0 aliphatic heterocycles. The molecule has 39 heavy (non-hydrogen) atoms. The zero-order valence-electron chi connectivity index (χ0n) is 23.9. The first-order valence-electron chi connectivity index (χ1n) is 15.0. The Balaban J connectivity index is 5.05. The second-order valence-corrected chi connectivity index (χ2v) is 10.5. The zero-order valence-corrected chi connectivity index (χ0v) is 23.9. The van der Waals surface area contributed by atoms with Crippen LogP contribution in [0.25, 0.3) is 0 Å². The number of unbranched alkanes of at least 4 members (excludes halogenated alkanes) is 16. The van der Waals surface area contributed by atoms with Crippen LogP contribution in [0.15, 0.2) is 23.8 Å². The maximum absolute atomic E-state index is 13.7. The van der Waals surface area contributed by atoms with E-state index in [4.69, 9.17) is 4.74 Å². The van der Waals surface area contributed by atoms with E-state index < -0.39 is 36.2 Å². The average Bonchev–Trinajstić information content (AvgIpc) is 2.85. The van der Waals surface area contributed by atoms with Crippen molar-refractivity contribution < 1.29 is 39.9 Å². The molecule has 0 spiro atoms. The van der Waals surface area contributed by atoms with Gasteiger partial charge in [-0.25, -0.2) is 8.78 Å². The maximum atomic E-state index is 13.7. The molecule has 0 radical (unpaired) electrons. The Morgan fingerprint density at radius 3 is 1.00 bits per heavy atom. The first-order valence-corrected chi connectivity index (χ1v) is 15.0. The first-order chi connectivity index (χ1) is 18.4. The molecule has 232 valence electrons. The first kappa shape index (κ1) is 37.9. The van der Waals surface area contributed by atoms with Gasteiger partial charge in [0, 0.05) is 0 Å². The predicted molar refractivity (Wildman–Crippen MR) is 143 cm³/mol. The minimum absolute atomic E-state index is 0.00900. The number of ether oxygens (including phenoxy) is 1. The second kappa shape index (κ2) is 22.6. The summed E-state index contributed by atoms with van der Waals surface area (Å²) in [4.78, 5) is 0. The fraction of sp³-hybridized carbons (Fsp3) is 0.867. The minimum Gasteiger partial charge on any atom is -0.367 e. The van der Waals surface area contributed by atoms with Crippen LogP contribution in [0, 0.1) is 0 Å².